The van der Waals surface area contributed by atoms with Gasteiger partial charge in [-0.15, -0.1) is 23.5 Å². The van der Waals surface area contributed by atoms with E-state index in [2.05, 4.69) is 71.7 Å². The quantitative estimate of drug-likeness (QED) is 0.0644. The second-order valence-corrected chi connectivity index (χ2v) is 15.9. The van der Waals surface area contributed by atoms with Crippen LogP contribution in [0.3, 0.4) is 0 Å². The minimum atomic E-state index is -0.0991. The van der Waals surface area contributed by atoms with Crippen molar-refractivity contribution < 1.29 is 27.9 Å². The highest BCUT2D eigenvalue weighted by molar-refractivity contribution is 9.11. The van der Waals surface area contributed by atoms with Gasteiger partial charge in [0.15, 0.2) is 0 Å². The van der Waals surface area contributed by atoms with Gasteiger partial charge in [0, 0.05) is 36.5 Å². The minimum Gasteiger partial charge on any atom is -0.465 e. The van der Waals surface area contributed by atoms with Crippen molar-refractivity contribution in [1.82, 2.24) is 0 Å². The van der Waals surface area contributed by atoms with E-state index in [4.69, 9.17) is 18.3 Å². The number of unbranched alkanes of at least 4 members (excludes halogenated alkanes) is 2. The van der Waals surface area contributed by atoms with Crippen molar-refractivity contribution in [3.05, 3.63) is 57.9 Å². The van der Waals surface area contributed by atoms with Crippen molar-refractivity contribution in [1.29, 1.82) is 0 Å². The third kappa shape index (κ3) is 14.2. The number of fused-ring (bicyclic) bond motifs is 2. The van der Waals surface area contributed by atoms with Crippen molar-refractivity contribution in [3.63, 3.8) is 0 Å². The second-order valence-electron chi connectivity index (χ2n) is 11.9. The molecule has 0 aliphatic rings. The highest BCUT2D eigenvalue weighted by Crippen LogP contribution is 2.33. The zero-order valence-electron chi connectivity index (χ0n) is 28.7. The Bertz CT molecular complexity index is 1530. The number of rotatable bonds is 20. The number of carbonyl (C=O) groups is 2. The number of furan rings is 2. The highest BCUT2D eigenvalue weighted by atomic mass is 79.9. The van der Waals surface area contributed by atoms with Gasteiger partial charge in [-0.25, -0.2) is 0 Å². The fraction of sp³-hybridized carbons (Fsp3) is 0.526. The minimum absolute atomic E-state index is 0.0964. The number of hydrogen-bond acceptors (Lipinski definition) is 8. The molecule has 4 aromatic rings. The van der Waals surface area contributed by atoms with E-state index in [0.29, 0.717) is 43.6 Å². The van der Waals surface area contributed by atoms with Crippen molar-refractivity contribution in [2.45, 2.75) is 102 Å². The lowest BCUT2D eigenvalue weighted by molar-refractivity contribution is -0.145. The average molecular weight is 827 g/mol. The molecule has 0 radical (unpaired) electrons. The number of hydrogen-bond donors (Lipinski definition) is 0. The lowest BCUT2D eigenvalue weighted by atomic mass is 10.0. The van der Waals surface area contributed by atoms with E-state index in [1.54, 1.807) is 36.1 Å². The summed E-state index contributed by atoms with van der Waals surface area (Å²) in [6.45, 7) is 9.82. The Morgan fingerprint density at radius 2 is 1.31 bits per heavy atom. The number of thioether (sulfide) groups is 2. The Labute approximate surface area is 311 Å². The van der Waals surface area contributed by atoms with E-state index in [1.807, 2.05) is 24.3 Å². The van der Waals surface area contributed by atoms with Gasteiger partial charge >= 0.3 is 11.9 Å². The van der Waals surface area contributed by atoms with Gasteiger partial charge in [0.05, 0.1) is 43.1 Å². The number of benzene rings is 2. The summed E-state index contributed by atoms with van der Waals surface area (Å²) in [6, 6.07) is 12.0. The van der Waals surface area contributed by atoms with Crippen LogP contribution in [0.15, 0.2) is 76.5 Å². The average Bonchev–Trinajstić information content (AvgIpc) is 3.75. The molecule has 0 saturated heterocycles. The van der Waals surface area contributed by atoms with Crippen LogP contribution in [0.1, 0.15) is 91.9 Å². The van der Waals surface area contributed by atoms with Crippen LogP contribution in [0, 0.1) is 11.8 Å². The van der Waals surface area contributed by atoms with Crippen molar-refractivity contribution in [3.8, 4) is 0 Å². The van der Waals surface area contributed by atoms with Crippen molar-refractivity contribution >= 4 is 89.3 Å². The summed E-state index contributed by atoms with van der Waals surface area (Å²) in [5.41, 5.74) is 1.72. The highest BCUT2D eigenvalue weighted by Gasteiger charge is 2.13. The largest absolute Gasteiger partial charge is 0.465 e. The molecule has 2 aromatic carbocycles. The smallest absolute Gasteiger partial charge is 0.306 e. The standard InChI is InChI=1S/2C19H25BrO3S/c1-3-5-6-14(4-2)13-23-19(21)8-10-24-18-11-15-7-9-22-17(15)12-16(18)20;1-3-5-6-14(4-2)13-23-18(21)8-10-24-16-11-15-7-9-22-19(15)17(20)12-16/h2*7,9,11-12,14H,3-6,8,10,13H2,1-2H3. The molecular formula is C38H50Br2O6S2. The molecule has 2 unspecified atom stereocenters. The van der Waals surface area contributed by atoms with E-state index in [9.17, 15) is 9.59 Å². The van der Waals surface area contributed by atoms with E-state index in [-0.39, 0.29) is 11.9 Å². The molecule has 10 heteroatoms. The first kappa shape index (κ1) is 40.5. The van der Waals surface area contributed by atoms with Gasteiger partial charge in [-0.3, -0.25) is 9.59 Å². The summed E-state index contributed by atoms with van der Waals surface area (Å²) in [7, 11) is 0. The first-order valence-electron chi connectivity index (χ1n) is 17.2. The molecule has 2 aromatic heterocycles. The third-order valence-corrected chi connectivity index (χ3v) is 11.7. The molecule has 0 aliphatic heterocycles. The van der Waals surface area contributed by atoms with E-state index in [1.165, 1.54) is 25.7 Å². The molecule has 0 spiro atoms. The summed E-state index contributed by atoms with van der Waals surface area (Å²) in [6.07, 6.45) is 13.5. The lowest BCUT2D eigenvalue weighted by Gasteiger charge is -2.14. The molecule has 6 nitrogen and oxygen atoms in total. The van der Waals surface area contributed by atoms with Crippen LogP contribution in [0.5, 0.6) is 0 Å². The van der Waals surface area contributed by atoms with Crippen LogP contribution < -0.4 is 0 Å². The number of ether oxygens (including phenoxy) is 2. The van der Waals surface area contributed by atoms with Crippen LogP contribution in [0.2, 0.25) is 0 Å². The molecule has 0 bridgehead atoms. The van der Waals surface area contributed by atoms with Gasteiger partial charge < -0.3 is 18.3 Å². The first-order valence-corrected chi connectivity index (χ1v) is 20.7. The maximum Gasteiger partial charge on any atom is 0.306 e. The summed E-state index contributed by atoms with van der Waals surface area (Å²) in [5.74, 6) is 2.24. The lowest BCUT2D eigenvalue weighted by Crippen LogP contribution is -2.14. The summed E-state index contributed by atoms with van der Waals surface area (Å²) >= 11 is 10.4. The summed E-state index contributed by atoms with van der Waals surface area (Å²) < 4.78 is 23.6. The summed E-state index contributed by atoms with van der Waals surface area (Å²) in [4.78, 5) is 26.1. The van der Waals surface area contributed by atoms with Crippen molar-refractivity contribution in [2.75, 3.05) is 24.7 Å². The number of carbonyl (C=O) groups excluding carboxylic acids is 2. The van der Waals surface area contributed by atoms with Crippen LogP contribution in [0.4, 0.5) is 0 Å². The molecular weight excluding hydrogens is 776 g/mol. The van der Waals surface area contributed by atoms with Gasteiger partial charge in [-0.2, -0.15) is 0 Å². The molecule has 0 aliphatic carbocycles. The van der Waals surface area contributed by atoms with Gasteiger partial charge in [-0.05, 0) is 92.9 Å². The Kier molecular flexibility index (Phi) is 19.2. The fourth-order valence-electron chi connectivity index (χ4n) is 5.03. The predicted octanol–water partition coefficient (Wildman–Crippen LogP) is 12.9. The SMILES string of the molecule is CCCCC(CC)COC(=O)CCSc1cc(Br)c2occc2c1.CCCCC(CC)COC(=O)CCSc1cc2ccoc2cc1Br. The van der Waals surface area contributed by atoms with Gasteiger partial charge in [0.2, 0.25) is 0 Å². The Hall–Kier alpha value is -1.88. The molecule has 0 saturated carbocycles. The fourth-order valence-corrected chi connectivity index (χ4v) is 8.23. The molecule has 48 heavy (non-hydrogen) atoms. The monoisotopic (exact) mass is 824 g/mol. The molecule has 0 amide bonds. The molecule has 2 atom stereocenters. The van der Waals surface area contributed by atoms with Crippen LogP contribution in [-0.4, -0.2) is 36.7 Å². The third-order valence-electron chi connectivity index (χ3n) is 8.17. The Morgan fingerprint density at radius 1 is 0.729 bits per heavy atom. The Balaban J connectivity index is 0.000000260. The van der Waals surface area contributed by atoms with Crippen LogP contribution in [-0.2, 0) is 19.1 Å². The van der Waals surface area contributed by atoms with E-state index < -0.39 is 0 Å². The molecule has 4 rings (SSSR count). The van der Waals surface area contributed by atoms with Gasteiger partial charge in [0.1, 0.15) is 11.2 Å². The van der Waals surface area contributed by atoms with E-state index in [0.717, 1.165) is 72.1 Å². The van der Waals surface area contributed by atoms with Crippen molar-refractivity contribution in [2.24, 2.45) is 11.8 Å². The van der Waals surface area contributed by atoms with Crippen LogP contribution >= 0.6 is 55.4 Å². The Morgan fingerprint density at radius 3 is 1.92 bits per heavy atom. The summed E-state index contributed by atoms with van der Waals surface area (Å²) in [5, 5.41) is 2.14. The first-order chi connectivity index (χ1) is 23.3. The zero-order chi connectivity index (χ0) is 34.7. The maximum absolute atomic E-state index is 11.9. The number of esters is 2. The van der Waals surface area contributed by atoms with Gasteiger partial charge in [-0.1, -0.05) is 66.2 Å². The zero-order valence-corrected chi connectivity index (χ0v) is 33.5. The normalized spacial score (nSPS) is 12.5. The second kappa shape index (κ2) is 22.8. The molecule has 2 heterocycles. The molecule has 0 N–H and O–H groups in total. The maximum atomic E-state index is 11.9. The molecule has 0 fully saturated rings. The topological polar surface area (TPSA) is 78.9 Å². The molecule has 264 valence electrons. The van der Waals surface area contributed by atoms with Crippen LogP contribution in [0.25, 0.3) is 21.9 Å². The number of halogens is 2. The van der Waals surface area contributed by atoms with Gasteiger partial charge in [0.25, 0.3) is 0 Å². The predicted molar refractivity (Wildman–Crippen MR) is 207 cm³/mol. The van der Waals surface area contributed by atoms with E-state index >= 15 is 0 Å².